The summed E-state index contributed by atoms with van der Waals surface area (Å²) < 4.78 is 37.8. The molecule has 0 radical (unpaired) electrons. The van der Waals surface area contributed by atoms with E-state index in [-0.39, 0.29) is 23.7 Å². The van der Waals surface area contributed by atoms with E-state index >= 15 is 0 Å². The van der Waals surface area contributed by atoms with Crippen molar-refractivity contribution in [2.24, 2.45) is 5.92 Å². The fourth-order valence-electron chi connectivity index (χ4n) is 4.37. The highest BCUT2D eigenvalue weighted by Gasteiger charge is 2.41. The Balaban J connectivity index is 1.59. The molecule has 14 heteroatoms. The molecular formula is C27H31BrN3O9P. The topological polar surface area (TPSA) is 158 Å². The smallest absolute Gasteiger partial charge is 0.459 e. The lowest BCUT2D eigenvalue weighted by atomic mass is 10.1. The van der Waals surface area contributed by atoms with E-state index in [1.54, 1.807) is 38.1 Å². The van der Waals surface area contributed by atoms with E-state index in [0.717, 1.165) is 9.95 Å². The number of aliphatic hydroxyl groups excluding tert-OH is 1. The van der Waals surface area contributed by atoms with Crippen molar-refractivity contribution in [2.75, 3.05) is 13.7 Å². The molecule has 0 bridgehead atoms. The normalized spacial score (nSPS) is 21.3. The fourth-order valence-corrected chi connectivity index (χ4v) is 6.35. The molecule has 1 aliphatic heterocycles. The number of nitrogens with one attached hydrogen (secondary N) is 2. The quantitative estimate of drug-likeness (QED) is 0.206. The van der Waals surface area contributed by atoms with Gasteiger partial charge in [-0.05, 0) is 28.4 Å². The molecule has 4 rings (SSSR count). The number of aromatic nitrogens is 2. The molecule has 3 aromatic rings. The van der Waals surface area contributed by atoms with Crippen molar-refractivity contribution in [1.29, 1.82) is 0 Å². The van der Waals surface area contributed by atoms with E-state index in [1.165, 1.54) is 24.4 Å². The molecule has 220 valence electrons. The van der Waals surface area contributed by atoms with Crippen LogP contribution in [-0.2, 0) is 23.4 Å². The number of esters is 1. The zero-order valence-corrected chi connectivity index (χ0v) is 25.0. The van der Waals surface area contributed by atoms with Gasteiger partial charge in [-0.3, -0.25) is 23.7 Å². The van der Waals surface area contributed by atoms with Crippen molar-refractivity contribution in [3.63, 3.8) is 0 Å². The minimum atomic E-state index is -4.30. The van der Waals surface area contributed by atoms with Crippen LogP contribution in [0.4, 0.5) is 0 Å². The summed E-state index contributed by atoms with van der Waals surface area (Å²) in [7, 11) is -3.08. The van der Waals surface area contributed by atoms with E-state index < -0.39 is 56.0 Å². The Morgan fingerprint density at radius 3 is 2.71 bits per heavy atom. The number of carbonyl (C=O) groups excluding carboxylic acids is 1. The Morgan fingerprint density at radius 2 is 2.00 bits per heavy atom. The summed E-state index contributed by atoms with van der Waals surface area (Å²) in [6, 6.07) is 11.5. The molecule has 1 aliphatic rings. The van der Waals surface area contributed by atoms with Gasteiger partial charge in [0.25, 0.3) is 5.56 Å². The van der Waals surface area contributed by atoms with Crippen LogP contribution in [0.5, 0.6) is 5.75 Å². The summed E-state index contributed by atoms with van der Waals surface area (Å²) in [4.78, 5) is 40.7. The molecule has 41 heavy (non-hydrogen) atoms. The van der Waals surface area contributed by atoms with Crippen molar-refractivity contribution in [2.45, 2.75) is 44.7 Å². The molecule has 2 aromatic carbocycles. The standard InChI is InChI=1S/C27H31BrN3O9P/c1-16(2)24(26(34)37-3)30-41(36,40-21-10-6-8-17-7-4-5-9-19(17)21)38-15-22-20(32)13-23(39-22)31-14-18(11-12-28)25(33)29-27(31)35/h4-12,14,16,20,22-24,32H,13,15H2,1-3H3,(H,30,36)(H,29,33,35)/b12-11+/t20-,22+,23+,24-,41?/m0/s1. The maximum absolute atomic E-state index is 14.2. The number of aromatic amines is 1. The number of carbonyl (C=O) groups is 1. The first-order valence-corrected chi connectivity index (χ1v) is 15.2. The zero-order valence-electron chi connectivity index (χ0n) is 22.6. The maximum Gasteiger partial charge on any atom is 0.459 e. The van der Waals surface area contributed by atoms with Gasteiger partial charge in [0.05, 0.1) is 25.4 Å². The van der Waals surface area contributed by atoms with E-state index in [4.69, 9.17) is 18.5 Å². The van der Waals surface area contributed by atoms with Gasteiger partial charge in [-0.15, -0.1) is 0 Å². The first kappa shape index (κ1) is 30.9. The highest BCUT2D eigenvalue weighted by atomic mass is 79.9. The molecule has 2 heterocycles. The van der Waals surface area contributed by atoms with Gasteiger partial charge in [0, 0.05) is 18.0 Å². The number of benzene rings is 2. The molecule has 1 unspecified atom stereocenters. The van der Waals surface area contributed by atoms with Crippen molar-refractivity contribution < 1.29 is 33.0 Å². The third-order valence-electron chi connectivity index (χ3n) is 6.55. The SMILES string of the molecule is COC(=O)[C@@H](NP(=O)(OC[C@H]1O[C@@H](n2cc(/C=C/Br)c(=O)[nH]c2=O)C[C@@H]1O)Oc1cccc2ccccc12)C(C)C. The average Bonchev–Trinajstić information content (AvgIpc) is 3.32. The first-order valence-electron chi connectivity index (χ1n) is 12.8. The number of ether oxygens (including phenoxy) is 2. The summed E-state index contributed by atoms with van der Waals surface area (Å²) >= 11 is 3.10. The minimum Gasteiger partial charge on any atom is -0.468 e. The summed E-state index contributed by atoms with van der Waals surface area (Å²) in [5.41, 5.74) is -1.10. The van der Waals surface area contributed by atoms with Gasteiger partial charge in [-0.25, -0.2) is 9.36 Å². The molecule has 12 nitrogen and oxygen atoms in total. The molecule has 0 amide bonds. The highest BCUT2D eigenvalue weighted by molar-refractivity contribution is 9.11. The van der Waals surface area contributed by atoms with Gasteiger partial charge < -0.3 is 19.1 Å². The van der Waals surface area contributed by atoms with E-state index in [0.29, 0.717) is 5.39 Å². The van der Waals surface area contributed by atoms with Gasteiger partial charge in [0.2, 0.25) is 0 Å². The summed E-state index contributed by atoms with van der Waals surface area (Å²) in [6.45, 7) is 3.07. The number of aliphatic hydroxyl groups is 1. The predicted octanol–water partition coefficient (Wildman–Crippen LogP) is 3.69. The first-order chi connectivity index (χ1) is 19.5. The zero-order chi connectivity index (χ0) is 29.7. The number of methoxy groups -OCH3 is 1. The van der Waals surface area contributed by atoms with Crippen LogP contribution in [0.25, 0.3) is 16.8 Å². The molecule has 1 saturated heterocycles. The summed E-state index contributed by atoms with van der Waals surface area (Å²) in [5.74, 6) is -0.749. The Kier molecular flexibility index (Phi) is 10.0. The van der Waals surface area contributed by atoms with E-state index in [9.17, 15) is 24.1 Å². The maximum atomic E-state index is 14.2. The molecular weight excluding hydrogens is 621 g/mol. The largest absolute Gasteiger partial charge is 0.468 e. The van der Waals surface area contributed by atoms with Gasteiger partial charge in [0.1, 0.15) is 24.1 Å². The lowest BCUT2D eigenvalue weighted by Crippen LogP contribution is -2.41. The highest BCUT2D eigenvalue weighted by Crippen LogP contribution is 2.48. The second-order valence-electron chi connectivity index (χ2n) is 9.71. The van der Waals surface area contributed by atoms with Crippen LogP contribution in [0, 0.1) is 5.92 Å². The van der Waals surface area contributed by atoms with Crippen LogP contribution < -0.4 is 20.9 Å². The molecule has 0 spiro atoms. The van der Waals surface area contributed by atoms with Gasteiger partial charge in [0.15, 0.2) is 0 Å². The number of hydrogen-bond acceptors (Lipinski definition) is 9. The molecule has 0 aliphatic carbocycles. The minimum absolute atomic E-state index is 0.00384. The predicted molar refractivity (Wildman–Crippen MR) is 156 cm³/mol. The van der Waals surface area contributed by atoms with Crippen LogP contribution in [-0.4, -0.2) is 52.6 Å². The molecule has 0 saturated carbocycles. The number of rotatable bonds is 11. The number of fused-ring (bicyclic) bond motifs is 1. The monoisotopic (exact) mass is 651 g/mol. The third kappa shape index (κ3) is 7.24. The van der Waals surface area contributed by atoms with Crippen molar-refractivity contribution in [1.82, 2.24) is 14.6 Å². The summed E-state index contributed by atoms with van der Waals surface area (Å²) in [5, 5.41) is 14.9. The third-order valence-corrected chi connectivity index (χ3v) is 8.33. The second kappa shape index (κ2) is 13.3. The fraction of sp³-hybridized carbons (Fsp3) is 0.370. The van der Waals surface area contributed by atoms with Crippen LogP contribution in [0.15, 0.2) is 63.2 Å². The van der Waals surface area contributed by atoms with E-state index in [1.807, 2.05) is 18.2 Å². The Bertz CT molecular complexity index is 1580. The summed E-state index contributed by atoms with van der Waals surface area (Å²) in [6.07, 6.45) is -0.289. The molecule has 5 atom stereocenters. The van der Waals surface area contributed by atoms with Crippen molar-refractivity contribution >= 4 is 46.5 Å². The Hall–Kier alpha value is -3.06. The van der Waals surface area contributed by atoms with Gasteiger partial charge >= 0.3 is 19.4 Å². The lowest BCUT2D eigenvalue weighted by molar-refractivity contribution is -0.143. The number of hydrogen-bond donors (Lipinski definition) is 3. The van der Waals surface area contributed by atoms with Gasteiger partial charge in [-0.1, -0.05) is 66.2 Å². The van der Waals surface area contributed by atoms with E-state index in [2.05, 4.69) is 26.0 Å². The number of H-pyrrole nitrogens is 1. The van der Waals surface area contributed by atoms with Crippen molar-refractivity contribution in [3.05, 3.63) is 80.0 Å². The molecule has 1 fully saturated rings. The Labute approximate surface area is 244 Å². The van der Waals surface area contributed by atoms with Crippen LogP contribution in [0.1, 0.15) is 32.1 Å². The van der Waals surface area contributed by atoms with Gasteiger partial charge in [-0.2, -0.15) is 5.09 Å². The van der Waals surface area contributed by atoms with Crippen LogP contribution >= 0.6 is 23.7 Å². The molecule has 1 aromatic heterocycles. The second-order valence-corrected chi connectivity index (χ2v) is 11.9. The Morgan fingerprint density at radius 1 is 1.27 bits per heavy atom. The lowest BCUT2D eigenvalue weighted by Gasteiger charge is -2.27. The molecule has 3 N–H and O–H groups in total. The van der Waals surface area contributed by atoms with Crippen LogP contribution in [0.2, 0.25) is 0 Å². The number of nitrogens with zero attached hydrogens (tertiary/aromatic N) is 1. The average molecular weight is 652 g/mol. The van der Waals surface area contributed by atoms with Crippen molar-refractivity contribution in [3.8, 4) is 5.75 Å². The van der Waals surface area contributed by atoms with Crippen LogP contribution in [0.3, 0.4) is 0 Å². The number of halogens is 1.